The molecule has 2 fully saturated rings. The van der Waals surface area contributed by atoms with Crippen LogP contribution < -0.4 is 4.90 Å². The molecular weight excluding hydrogens is 439 g/mol. The quantitative estimate of drug-likeness (QED) is 0.571. The Morgan fingerprint density at radius 1 is 1.12 bits per heavy atom. The molecule has 1 saturated heterocycles. The number of carbonyl (C=O) groups is 1. The number of benzene rings is 1. The SMILES string of the molecule is O=C(c1cnn(-c2cccc(C(F)(F)F)c2)c1C1CC1)N1CCCN(c2nccs2)CC1. The molecule has 2 aromatic heterocycles. The Bertz CT molecular complexity index is 1110. The lowest BCUT2D eigenvalue weighted by molar-refractivity contribution is -0.137. The van der Waals surface area contributed by atoms with Crippen LogP contribution in [0.4, 0.5) is 18.3 Å². The van der Waals surface area contributed by atoms with E-state index in [1.807, 2.05) is 10.3 Å². The average molecular weight is 462 g/mol. The summed E-state index contributed by atoms with van der Waals surface area (Å²) < 4.78 is 41.1. The smallest absolute Gasteiger partial charge is 0.346 e. The molecule has 2 aliphatic rings. The van der Waals surface area contributed by atoms with Crippen molar-refractivity contribution in [2.75, 3.05) is 31.1 Å². The Labute approximate surface area is 187 Å². The molecule has 0 N–H and O–H groups in total. The Hall–Kier alpha value is -2.88. The third-order valence-electron chi connectivity index (χ3n) is 5.89. The molecule has 0 radical (unpaired) electrons. The van der Waals surface area contributed by atoms with E-state index in [-0.39, 0.29) is 11.8 Å². The van der Waals surface area contributed by atoms with E-state index in [9.17, 15) is 18.0 Å². The van der Waals surface area contributed by atoms with Gasteiger partial charge in [-0.1, -0.05) is 6.07 Å². The number of nitrogens with zero attached hydrogens (tertiary/aromatic N) is 5. The molecule has 0 bridgehead atoms. The van der Waals surface area contributed by atoms with Gasteiger partial charge in [0.15, 0.2) is 5.13 Å². The van der Waals surface area contributed by atoms with Crippen LogP contribution in [0.3, 0.4) is 0 Å². The zero-order chi connectivity index (χ0) is 22.3. The zero-order valence-electron chi connectivity index (χ0n) is 17.3. The summed E-state index contributed by atoms with van der Waals surface area (Å²) in [4.78, 5) is 21.8. The van der Waals surface area contributed by atoms with E-state index in [4.69, 9.17) is 0 Å². The standard InChI is InChI=1S/C22H22F3N5OS/c23-22(24,25)16-3-1-4-17(13-16)30-19(15-5-6-15)18(14-27-30)20(31)28-8-2-9-29(11-10-28)21-26-7-12-32-21/h1,3-4,7,12-15H,2,5-6,8-11H2. The summed E-state index contributed by atoms with van der Waals surface area (Å²) in [6, 6.07) is 5.10. The lowest BCUT2D eigenvalue weighted by atomic mass is 10.1. The van der Waals surface area contributed by atoms with Crippen LogP contribution in [0.5, 0.6) is 0 Å². The number of rotatable bonds is 4. The van der Waals surface area contributed by atoms with Gasteiger partial charge in [0, 0.05) is 43.7 Å². The normalized spacial score (nSPS) is 17.5. The molecule has 10 heteroatoms. The number of carbonyl (C=O) groups excluding carboxylic acids is 1. The number of amides is 1. The maximum Gasteiger partial charge on any atom is 0.416 e. The number of aromatic nitrogens is 3. The lowest BCUT2D eigenvalue weighted by Crippen LogP contribution is -2.35. The Morgan fingerprint density at radius 3 is 2.69 bits per heavy atom. The van der Waals surface area contributed by atoms with Crippen molar-refractivity contribution in [2.45, 2.75) is 31.4 Å². The molecule has 3 aromatic rings. The van der Waals surface area contributed by atoms with Gasteiger partial charge in [0.05, 0.1) is 28.7 Å². The highest BCUT2D eigenvalue weighted by atomic mass is 32.1. The van der Waals surface area contributed by atoms with Gasteiger partial charge in [0.1, 0.15) is 0 Å². The molecule has 6 nitrogen and oxygen atoms in total. The number of thiazole rings is 1. The van der Waals surface area contributed by atoms with Crippen LogP contribution in [-0.4, -0.2) is 51.8 Å². The van der Waals surface area contributed by atoms with E-state index in [0.29, 0.717) is 30.9 Å². The van der Waals surface area contributed by atoms with E-state index in [0.717, 1.165) is 48.8 Å². The van der Waals surface area contributed by atoms with Crippen LogP contribution >= 0.6 is 11.3 Å². The second kappa shape index (κ2) is 8.23. The Morgan fingerprint density at radius 2 is 1.97 bits per heavy atom. The van der Waals surface area contributed by atoms with Crippen molar-refractivity contribution in [1.82, 2.24) is 19.7 Å². The van der Waals surface area contributed by atoms with Crippen molar-refractivity contribution in [3.8, 4) is 5.69 Å². The average Bonchev–Trinajstić information content (AvgIpc) is 3.37. The first-order chi connectivity index (χ1) is 15.4. The number of hydrogen-bond donors (Lipinski definition) is 0. The highest BCUT2D eigenvalue weighted by Crippen LogP contribution is 2.43. The van der Waals surface area contributed by atoms with Gasteiger partial charge in [-0.25, -0.2) is 9.67 Å². The van der Waals surface area contributed by atoms with E-state index in [1.54, 1.807) is 23.6 Å². The van der Waals surface area contributed by atoms with Gasteiger partial charge in [-0.2, -0.15) is 18.3 Å². The second-order valence-corrected chi connectivity index (χ2v) is 9.00. The number of anilines is 1. The first-order valence-corrected chi connectivity index (χ1v) is 11.5. The number of alkyl halides is 3. The van der Waals surface area contributed by atoms with Gasteiger partial charge < -0.3 is 9.80 Å². The summed E-state index contributed by atoms with van der Waals surface area (Å²) in [5, 5.41) is 7.24. The summed E-state index contributed by atoms with van der Waals surface area (Å²) in [6.07, 6.45) is 1.49. The van der Waals surface area contributed by atoms with Gasteiger partial charge >= 0.3 is 6.18 Å². The highest BCUT2D eigenvalue weighted by Gasteiger charge is 2.36. The van der Waals surface area contributed by atoms with Gasteiger partial charge in [0.2, 0.25) is 0 Å². The molecule has 1 aliphatic heterocycles. The first-order valence-electron chi connectivity index (χ1n) is 10.6. The Kier molecular flexibility index (Phi) is 5.40. The fourth-order valence-electron chi connectivity index (χ4n) is 4.15. The molecule has 3 heterocycles. The van der Waals surface area contributed by atoms with Gasteiger partial charge in [-0.05, 0) is 37.5 Å². The van der Waals surface area contributed by atoms with E-state index < -0.39 is 11.7 Å². The molecule has 1 saturated carbocycles. The van der Waals surface area contributed by atoms with Crippen molar-refractivity contribution < 1.29 is 18.0 Å². The molecule has 0 spiro atoms. The van der Waals surface area contributed by atoms with Crippen LogP contribution in [0, 0.1) is 0 Å². The van der Waals surface area contributed by atoms with E-state index in [2.05, 4.69) is 15.0 Å². The van der Waals surface area contributed by atoms with Gasteiger partial charge in [-0.15, -0.1) is 11.3 Å². The summed E-state index contributed by atoms with van der Waals surface area (Å²) in [5.41, 5.74) is 0.810. The van der Waals surface area contributed by atoms with Gasteiger partial charge in [0.25, 0.3) is 5.91 Å². The maximum absolute atomic E-state index is 13.4. The summed E-state index contributed by atoms with van der Waals surface area (Å²) in [6.45, 7) is 2.72. The number of halogens is 3. The van der Waals surface area contributed by atoms with Crippen molar-refractivity contribution in [3.63, 3.8) is 0 Å². The monoisotopic (exact) mass is 461 g/mol. The number of hydrogen-bond acceptors (Lipinski definition) is 5. The first kappa shape index (κ1) is 21.0. The molecule has 1 aromatic carbocycles. The van der Waals surface area contributed by atoms with Crippen LogP contribution in [0.15, 0.2) is 42.0 Å². The summed E-state index contributed by atoms with van der Waals surface area (Å²) in [5.74, 6) is 0.0379. The van der Waals surface area contributed by atoms with Crippen molar-refractivity contribution >= 4 is 22.4 Å². The minimum atomic E-state index is -4.43. The largest absolute Gasteiger partial charge is 0.416 e. The highest BCUT2D eigenvalue weighted by molar-refractivity contribution is 7.13. The molecule has 168 valence electrons. The third-order valence-corrected chi connectivity index (χ3v) is 6.72. The molecule has 1 amide bonds. The lowest BCUT2D eigenvalue weighted by Gasteiger charge is -2.22. The molecule has 0 atom stereocenters. The predicted octanol–water partition coefficient (Wildman–Crippen LogP) is 4.58. The Balaban J connectivity index is 1.41. The van der Waals surface area contributed by atoms with Gasteiger partial charge in [-0.3, -0.25) is 4.79 Å². The summed E-state index contributed by atoms with van der Waals surface area (Å²) in [7, 11) is 0. The van der Waals surface area contributed by atoms with E-state index in [1.165, 1.54) is 16.9 Å². The minimum absolute atomic E-state index is 0.105. The maximum atomic E-state index is 13.4. The molecule has 5 rings (SSSR count). The molecule has 32 heavy (non-hydrogen) atoms. The van der Waals surface area contributed by atoms with Crippen molar-refractivity contribution in [1.29, 1.82) is 0 Å². The summed E-state index contributed by atoms with van der Waals surface area (Å²) >= 11 is 1.58. The fourth-order valence-corrected chi connectivity index (χ4v) is 4.84. The van der Waals surface area contributed by atoms with E-state index >= 15 is 0 Å². The minimum Gasteiger partial charge on any atom is -0.346 e. The molecule has 1 aliphatic carbocycles. The van der Waals surface area contributed by atoms with Crippen molar-refractivity contribution in [3.05, 3.63) is 58.9 Å². The topological polar surface area (TPSA) is 54.3 Å². The van der Waals surface area contributed by atoms with Crippen LogP contribution in [0.2, 0.25) is 0 Å². The van der Waals surface area contributed by atoms with Crippen LogP contribution in [0.25, 0.3) is 5.69 Å². The molecular formula is C22H22F3N5OS. The third kappa shape index (κ3) is 4.11. The zero-order valence-corrected chi connectivity index (χ0v) is 18.1. The second-order valence-electron chi connectivity index (χ2n) is 8.13. The van der Waals surface area contributed by atoms with Crippen molar-refractivity contribution in [2.24, 2.45) is 0 Å². The molecule has 0 unspecified atom stereocenters. The predicted molar refractivity (Wildman–Crippen MR) is 115 cm³/mol. The fraction of sp³-hybridized carbons (Fsp3) is 0.409. The van der Waals surface area contributed by atoms with Crippen LogP contribution in [-0.2, 0) is 6.18 Å². The van der Waals surface area contributed by atoms with Crippen LogP contribution in [0.1, 0.15) is 46.8 Å².